The summed E-state index contributed by atoms with van der Waals surface area (Å²) in [6.45, 7) is 1.81. The standard InChI is InChI=1S/C20H20N2O6S/c1-13-9-11-14(12-10-13)29(26,27)28-19-15(20(24)25)5-4-7-17(19)22-21-16-6-2-3-8-18(16)23/h4-5,7,9-12,22H,2-3,6,8H2,1H3,(H,24,25). The maximum absolute atomic E-state index is 12.7. The number of anilines is 1. The highest BCUT2D eigenvalue weighted by molar-refractivity contribution is 7.87. The second-order valence-electron chi connectivity index (χ2n) is 6.64. The van der Waals surface area contributed by atoms with Gasteiger partial charge in [-0.25, -0.2) is 4.79 Å². The molecule has 2 N–H and O–H groups in total. The first kappa shape index (κ1) is 20.5. The molecule has 9 heteroatoms. The number of carbonyl (C=O) groups excluding carboxylic acids is 1. The van der Waals surface area contributed by atoms with Gasteiger partial charge in [0.05, 0.1) is 0 Å². The minimum absolute atomic E-state index is 0.0338. The first-order valence-electron chi connectivity index (χ1n) is 9.01. The normalized spacial score (nSPS) is 15.9. The van der Waals surface area contributed by atoms with Crippen LogP contribution in [0.25, 0.3) is 0 Å². The average molecular weight is 416 g/mol. The van der Waals surface area contributed by atoms with Crippen LogP contribution in [0.3, 0.4) is 0 Å². The Labute approximate surface area is 168 Å². The van der Waals surface area contributed by atoms with Crippen LogP contribution >= 0.6 is 0 Å². The van der Waals surface area contributed by atoms with E-state index in [1.165, 1.54) is 30.3 Å². The molecule has 0 heterocycles. The number of Topliss-reactive ketones (excluding diaryl/α,β-unsaturated/α-hetero) is 1. The third kappa shape index (κ3) is 4.80. The number of carboxylic acids is 1. The Morgan fingerprint density at radius 2 is 1.79 bits per heavy atom. The zero-order chi connectivity index (χ0) is 21.0. The van der Waals surface area contributed by atoms with Gasteiger partial charge in [-0.3, -0.25) is 10.2 Å². The number of benzene rings is 2. The molecule has 2 aromatic rings. The van der Waals surface area contributed by atoms with Crippen molar-refractivity contribution in [3.63, 3.8) is 0 Å². The number of hydrogen-bond donors (Lipinski definition) is 2. The van der Waals surface area contributed by atoms with Gasteiger partial charge in [0, 0.05) is 6.42 Å². The van der Waals surface area contributed by atoms with Crippen molar-refractivity contribution in [2.75, 3.05) is 5.43 Å². The Morgan fingerprint density at radius 3 is 2.45 bits per heavy atom. The molecule has 0 bridgehead atoms. The van der Waals surface area contributed by atoms with Crippen molar-refractivity contribution in [1.29, 1.82) is 0 Å². The summed E-state index contributed by atoms with van der Waals surface area (Å²) in [5.41, 5.74) is 3.50. The molecule has 1 fully saturated rings. The Morgan fingerprint density at radius 1 is 1.10 bits per heavy atom. The van der Waals surface area contributed by atoms with Gasteiger partial charge in [-0.1, -0.05) is 23.8 Å². The summed E-state index contributed by atoms with van der Waals surface area (Å²) in [5, 5.41) is 13.5. The fraction of sp³-hybridized carbons (Fsp3) is 0.250. The first-order chi connectivity index (χ1) is 13.8. The molecule has 2 aromatic carbocycles. The number of ketones is 1. The smallest absolute Gasteiger partial charge is 0.339 e. The van der Waals surface area contributed by atoms with Crippen molar-refractivity contribution in [1.82, 2.24) is 0 Å². The van der Waals surface area contributed by atoms with Crippen molar-refractivity contribution < 1.29 is 27.3 Å². The largest absolute Gasteiger partial charge is 0.478 e. The molecule has 0 aliphatic heterocycles. The summed E-state index contributed by atoms with van der Waals surface area (Å²) in [4.78, 5) is 23.4. The van der Waals surface area contributed by atoms with Crippen LogP contribution in [0.2, 0.25) is 0 Å². The number of carboxylic acid groups (broad SMARTS) is 1. The molecule has 8 nitrogen and oxygen atoms in total. The van der Waals surface area contributed by atoms with Crippen LogP contribution in [0.5, 0.6) is 5.75 Å². The van der Waals surface area contributed by atoms with Gasteiger partial charge in [0.2, 0.25) is 0 Å². The van der Waals surface area contributed by atoms with Gasteiger partial charge in [-0.2, -0.15) is 13.5 Å². The summed E-state index contributed by atoms with van der Waals surface area (Å²) in [6.07, 6.45) is 2.53. The third-order valence-electron chi connectivity index (χ3n) is 4.45. The number of hydrazone groups is 1. The number of nitrogens with one attached hydrogen (secondary N) is 1. The molecule has 1 saturated carbocycles. The number of hydrogen-bond acceptors (Lipinski definition) is 7. The van der Waals surface area contributed by atoms with Crippen LogP contribution in [0, 0.1) is 6.92 Å². The summed E-state index contributed by atoms with van der Waals surface area (Å²) in [5.74, 6) is -1.84. The molecule has 0 amide bonds. The van der Waals surface area contributed by atoms with Gasteiger partial charge in [0.15, 0.2) is 11.5 Å². The Hall–Kier alpha value is -3.20. The lowest BCUT2D eigenvalue weighted by molar-refractivity contribution is -0.113. The van der Waals surface area contributed by atoms with E-state index >= 15 is 0 Å². The SMILES string of the molecule is Cc1ccc(S(=O)(=O)Oc2c(NN=C3CCCCC3=O)cccc2C(=O)O)cc1. The van der Waals surface area contributed by atoms with Crippen molar-refractivity contribution in [3.8, 4) is 5.75 Å². The van der Waals surface area contributed by atoms with Gasteiger partial charge >= 0.3 is 16.1 Å². The van der Waals surface area contributed by atoms with Crippen LogP contribution in [-0.4, -0.2) is 31.0 Å². The molecular formula is C20H20N2O6S. The molecule has 0 aromatic heterocycles. The fourth-order valence-corrected chi connectivity index (χ4v) is 3.82. The van der Waals surface area contributed by atoms with E-state index in [0.29, 0.717) is 18.6 Å². The highest BCUT2D eigenvalue weighted by Crippen LogP contribution is 2.32. The number of rotatable bonds is 6. The van der Waals surface area contributed by atoms with Crippen LogP contribution in [0.15, 0.2) is 52.5 Å². The zero-order valence-corrected chi connectivity index (χ0v) is 16.5. The third-order valence-corrected chi connectivity index (χ3v) is 5.68. The molecule has 0 saturated heterocycles. The van der Waals surface area contributed by atoms with Crippen LogP contribution in [0.4, 0.5) is 5.69 Å². The quantitative estimate of drug-likeness (QED) is 0.547. The highest BCUT2D eigenvalue weighted by Gasteiger charge is 2.24. The van der Waals surface area contributed by atoms with E-state index in [1.807, 2.05) is 6.92 Å². The number of aryl methyl sites for hydroxylation is 1. The van der Waals surface area contributed by atoms with E-state index in [0.717, 1.165) is 18.4 Å². The number of carbonyl (C=O) groups is 2. The van der Waals surface area contributed by atoms with E-state index in [9.17, 15) is 23.1 Å². The highest BCUT2D eigenvalue weighted by atomic mass is 32.2. The van der Waals surface area contributed by atoms with E-state index < -0.39 is 21.8 Å². The Bertz CT molecular complexity index is 1070. The van der Waals surface area contributed by atoms with Gasteiger partial charge in [-0.05, 0) is 50.5 Å². The predicted molar refractivity (Wildman–Crippen MR) is 107 cm³/mol. The molecule has 152 valence electrons. The van der Waals surface area contributed by atoms with Crippen molar-refractivity contribution >= 4 is 33.3 Å². The van der Waals surface area contributed by atoms with Gasteiger partial charge in [0.25, 0.3) is 0 Å². The lowest BCUT2D eigenvalue weighted by Crippen LogP contribution is -2.20. The van der Waals surface area contributed by atoms with E-state index in [1.54, 1.807) is 12.1 Å². The topological polar surface area (TPSA) is 122 Å². The molecule has 0 spiro atoms. The number of para-hydroxylation sites is 1. The van der Waals surface area contributed by atoms with E-state index in [-0.39, 0.29) is 21.9 Å². The lowest BCUT2D eigenvalue weighted by atomic mass is 9.97. The Balaban J connectivity index is 1.97. The van der Waals surface area contributed by atoms with Crippen LogP contribution < -0.4 is 9.61 Å². The first-order valence-corrected chi connectivity index (χ1v) is 10.4. The average Bonchev–Trinajstić information content (AvgIpc) is 2.68. The molecule has 0 atom stereocenters. The maximum atomic E-state index is 12.7. The second-order valence-corrected chi connectivity index (χ2v) is 8.18. The van der Waals surface area contributed by atoms with Crippen molar-refractivity contribution in [3.05, 3.63) is 53.6 Å². The van der Waals surface area contributed by atoms with Crippen LogP contribution in [-0.2, 0) is 14.9 Å². The molecule has 0 radical (unpaired) electrons. The monoisotopic (exact) mass is 416 g/mol. The number of nitrogens with zero attached hydrogens (tertiary/aromatic N) is 1. The molecule has 29 heavy (non-hydrogen) atoms. The molecule has 1 aliphatic carbocycles. The van der Waals surface area contributed by atoms with Crippen LogP contribution in [0.1, 0.15) is 41.6 Å². The Kier molecular flexibility index (Phi) is 5.97. The van der Waals surface area contributed by atoms with Gasteiger partial charge in [-0.15, -0.1) is 0 Å². The summed E-state index contributed by atoms with van der Waals surface area (Å²) in [6, 6.07) is 10.1. The number of aromatic carboxylic acids is 1. The van der Waals surface area contributed by atoms with Gasteiger partial charge < -0.3 is 9.29 Å². The lowest BCUT2D eigenvalue weighted by Gasteiger charge is -2.15. The second kappa shape index (κ2) is 8.44. The summed E-state index contributed by atoms with van der Waals surface area (Å²) in [7, 11) is -4.28. The summed E-state index contributed by atoms with van der Waals surface area (Å²) >= 11 is 0. The maximum Gasteiger partial charge on any atom is 0.339 e. The molecule has 1 aliphatic rings. The summed E-state index contributed by atoms with van der Waals surface area (Å²) < 4.78 is 30.5. The predicted octanol–water partition coefficient (Wildman–Crippen LogP) is 3.37. The minimum atomic E-state index is -4.28. The van der Waals surface area contributed by atoms with E-state index in [4.69, 9.17) is 4.18 Å². The fourth-order valence-electron chi connectivity index (χ4n) is 2.85. The van der Waals surface area contributed by atoms with Crippen molar-refractivity contribution in [2.45, 2.75) is 37.5 Å². The zero-order valence-electron chi connectivity index (χ0n) is 15.7. The molecule has 3 rings (SSSR count). The van der Waals surface area contributed by atoms with E-state index in [2.05, 4.69) is 10.5 Å². The minimum Gasteiger partial charge on any atom is -0.478 e. The van der Waals surface area contributed by atoms with Crippen molar-refractivity contribution in [2.24, 2.45) is 5.10 Å². The van der Waals surface area contributed by atoms with Gasteiger partial charge in [0.1, 0.15) is 21.9 Å². The molecular weight excluding hydrogens is 396 g/mol. The molecule has 0 unspecified atom stereocenters.